The second kappa shape index (κ2) is 6.72. The highest BCUT2D eigenvalue weighted by atomic mass is 16.2. The van der Waals surface area contributed by atoms with Crippen molar-refractivity contribution in [2.45, 2.75) is 51.0 Å². The lowest BCUT2D eigenvalue weighted by molar-refractivity contribution is -0.132. The molecule has 0 unspecified atom stereocenters. The molecule has 0 aromatic heterocycles. The molecule has 4 amide bonds. The Balaban J connectivity index is 1.87. The van der Waals surface area contributed by atoms with Crippen LogP contribution >= 0.6 is 0 Å². The summed E-state index contributed by atoms with van der Waals surface area (Å²) in [6, 6.07) is -0.196. The van der Waals surface area contributed by atoms with Gasteiger partial charge in [0.2, 0.25) is 11.8 Å². The van der Waals surface area contributed by atoms with Crippen LogP contribution in [0.1, 0.15) is 44.9 Å². The number of urea groups is 1. The summed E-state index contributed by atoms with van der Waals surface area (Å²) < 4.78 is 0. The molecular weight excluding hydrogens is 258 g/mol. The van der Waals surface area contributed by atoms with Gasteiger partial charge < -0.3 is 9.80 Å². The van der Waals surface area contributed by atoms with Crippen LogP contribution in [-0.4, -0.2) is 53.8 Å². The average molecular weight is 281 g/mol. The third kappa shape index (κ3) is 3.71. The molecule has 112 valence electrons. The Labute approximate surface area is 119 Å². The smallest absolute Gasteiger partial charge is 0.325 e. The topological polar surface area (TPSA) is 69.7 Å². The number of likely N-dealkylation sites (N-methyl/N-ethyl adjacent to an activating group) is 1. The van der Waals surface area contributed by atoms with Gasteiger partial charge >= 0.3 is 6.03 Å². The molecule has 1 N–H and O–H groups in total. The van der Waals surface area contributed by atoms with E-state index >= 15 is 0 Å². The summed E-state index contributed by atoms with van der Waals surface area (Å²) >= 11 is 0. The van der Waals surface area contributed by atoms with Crippen molar-refractivity contribution in [2.75, 3.05) is 20.1 Å². The van der Waals surface area contributed by atoms with Gasteiger partial charge in [-0.25, -0.2) is 4.79 Å². The number of nitrogens with zero attached hydrogens (tertiary/aromatic N) is 2. The molecule has 1 heterocycles. The van der Waals surface area contributed by atoms with Gasteiger partial charge in [0.05, 0.1) is 0 Å². The van der Waals surface area contributed by atoms with Crippen molar-refractivity contribution in [2.24, 2.45) is 0 Å². The number of amides is 4. The van der Waals surface area contributed by atoms with E-state index in [1.165, 1.54) is 24.2 Å². The summed E-state index contributed by atoms with van der Waals surface area (Å²) in [6.45, 7) is -0.0202. The third-order valence-electron chi connectivity index (χ3n) is 4.21. The molecule has 0 aromatic rings. The first-order valence-corrected chi connectivity index (χ1v) is 7.42. The van der Waals surface area contributed by atoms with Crippen LogP contribution in [0.4, 0.5) is 4.79 Å². The predicted octanol–water partition coefficient (Wildman–Crippen LogP) is 1.11. The zero-order valence-electron chi connectivity index (χ0n) is 12.1. The Bertz CT molecular complexity index is 389. The molecule has 0 spiro atoms. The molecule has 2 aliphatic rings. The van der Waals surface area contributed by atoms with Gasteiger partial charge in [0, 0.05) is 13.1 Å². The van der Waals surface area contributed by atoms with Crippen LogP contribution in [0, 0.1) is 0 Å². The van der Waals surface area contributed by atoms with Crippen LogP contribution in [0.25, 0.3) is 0 Å². The minimum absolute atomic E-state index is 0.00935. The Morgan fingerprint density at radius 2 is 1.80 bits per heavy atom. The number of rotatable bonds is 3. The molecule has 0 radical (unpaired) electrons. The SMILES string of the molecule is CN(C(=O)CN1CC(=O)NC1=O)C1CCCCCCC1. The molecule has 1 saturated heterocycles. The monoisotopic (exact) mass is 281 g/mol. The van der Waals surface area contributed by atoms with Gasteiger partial charge in [-0.05, 0) is 12.8 Å². The van der Waals surface area contributed by atoms with Gasteiger partial charge in [0.25, 0.3) is 0 Å². The maximum Gasteiger partial charge on any atom is 0.325 e. The first kappa shape index (κ1) is 14.8. The van der Waals surface area contributed by atoms with Crippen molar-refractivity contribution in [3.05, 3.63) is 0 Å². The van der Waals surface area contributed by atoms with Crippen LogP contribution < -0.4 is 5.32 Å². The molecule has 2 fully saturated rings. The van der Waals surface area contributed by atoms with E-state index in [9.17, 15) is 14.4 Å². The third-order valence-corrected chi connectivity index (χ3v) is 4.21. The maximum atomic E-state index is 12.2. The summed E-state index contributed by atoms with van der Waals surface area (Å²) in [5, 5.41) is 2.19. The normalized spacial score (nSPS) is 21.4. The van der Waals surface area contributed by atoms with Crippen molar-refractivity contribution in [1.29, 1.82) is 0 Å². The first-order valence-electron chi connectivity index (χ1n) is 7.42. The summed E-state index contributed by atoms with van der Waals surface area (Å²) in [4.78, 5) is 37.8. The fourth-order valence-electron chi connectivity index (χ4n) is 2.91. The molecule has 0 atom stereocenters. The molecule has 20 heavy (non-hydrogen) atoms. The summed E-state index contributed by atoms with van der Waals surface area (Å²) in [6.07, 6.45) is 8.15. The molecular formula is C14H23N3O3. The van der Waals surface area contributed by atoms with Crippen LogP contribution in [0.2, 0.25) is 0 Å². The lowest BCUT2D eigenvalue weighted by atomic mass is 9.96. The molecule has 1 aliphatic heterocycles. The number of hydrogen-bond acceptors (Lipinski definition) is 3. The second-order valence-electron chi connectivity index (χ2n) is 5.71. The number of hydrogen-bond donors (Lipinski definition) is 1. The van der Waals surface area contributed by atoms with Crippen molar-refractivity contribution in [1.82, 2.24) is 15.1 Å². The van der Waals surface area contributed by atoms with Gasteiger partial charge in [-0.2, -0.15) is 0 Å². The maximum absolute atomic E-state index is 12.2. The predicted molar refractivity (Wildman–Crippen MR) is 74.0 cm³/mol. The first-order chi connectivity index (χ1) is 9.58. The average Bonchev–Trinajstić information content (AvgIpc) is 2.66. The summed E-state index contributed by atoms with van der Waals surface area (Å²) in [7, 11) is 1.81. The van der Waals surface area contributed by atoms with E-state index in [1.54, 1.807) is 4.90 Å². The lowest BCUT2D eigenvalue weighted by Gasteiger charge is -2.30. The quantitative estimate of drug-likeness (QED) is 0.788. The van der Waals surface area contributed by atoms with Crippen molar-refractivity contribution in [3.63, 3.8) is 0 Å². The van der Waals surface area contributed by atoms with E-state index < -0.39 is 6.03 Å². The van der Waals surface area contributed by atoms with E-state index in [0.717, 1.165) is 25.7 Å². The molecule has 0 bridgehead atoms. The Hall–Kier alpha value is -1.59. The van der Waals surface area contributed by atoms with Gasteiger partial charge in [0.15, 0.2) is 0 Å². The number of nitrogens with one attached hydrogen (secondary N) is 1. The zero-order chi connectivity index (χ0) is 14.5. The summed E-state index contributed by atoms with van der Waals surface area (Å²) in [5.41, 5.74) is 0. The lowest BCUT2D eigenvalue weighted by Crippen LogP contribution is -2.44. The minimum atomic E-state index is -0.464. The van der Waals surface area contributed by atoms with Crippen molar-refractivity contribution >= 4 is 17.8 Å². The van der Waals surface area contributed by atoms with Gasteiger partial charge in [-0.15, -0.1) is 0 Å². The molecule has 6 heteroatoms. The fourth-order valence-corrected chi connectivity index (χ4v) is 2.91. The highest BCUT2D eigenvalue weighted by molar-refractivity contribution is 6.03. The second-order valence-corrected chi connectivity index (χ2v) is 5.71. The van der Waals surface area contributed by atoms with Crippen LogP contribution in [0.3, 0.4) is 0 Å². The highest BCUT2D eigenvalue weighted by Gasteiger charge is 2.30. The number of imide groups is 1. The Morgan fingerprint density at radius 1 is 1.20 bits per heavy atom. The standard InChI is InChI=1S/C14H23N3O3/c1-16(11-7-5-3-2-4-6-8-11)13(19)10-17-9-12(18)15-14(17)20/h11H,2-10H2,1H3,(H,15,18,20). The van der Waals surface area contributed by atoms with Crippen LogP contribution in [0.15, 0.2) is 0 Å². The Kier molecular flexibility index (Phi) is 4.98. The largest absolute Gasteiger partial charge is 0.341 e. The fraction of sp³-hybridized carbons (Fsp3) is 0.786. The van der Waals surface area contributed by atoms with E-state index in [1.807, 2.05) is 7.05 Å². The van der Waals surface area contributed by atoms with E-state index in [4.69, 9.17) is 0 Å². The van der Waals surface area contributed by atoms with Crippen molar-refractivity contribution < 1.29 is 14.4 Å². The number of carbonyl (C=O) groups is 3. The van der Waals surface area contributed by atoms with Crippen LogP contribution in [-0.2, 0) is 9.59 Å². The number of carbonyl (C=O) groups excluding carboxylic acids is 3. The van der Waals surface area contributed by atoms with Gasteiger partial charge in [0.1, 0.15) is 13.1 Å². The van der Waals surface area contributed by atoms with Crippen molar-refractivity contribution in [3.8, 4) is 0 Å². The molecule has 1 saturated carbocycles. The highest BCUT2D eigenvalue weighted by Crippen LogP contribution is 2.20. The molecule has 1 aliphatic carbocycles. The molecule has 0 aromatic carbocycles. The van der Waals surface area contributed by atoms with Crippen LogP contribution in [0.5, 0.6) is 0 Å². The zero-order valence-corrected chi connectivity index (χ0v) is 12.1. The summed E-state index contributed by atoms with van der Waals surface area (Å²) in [5.74, 6) is -0.420. The van der Waals surface area contributed by atoms with E-state index in [2.05, 4.69) is 5.32 Å². The molecule has 6 nitrogen and oxygen atoms in total. The van der Waals surface area contributed by atoms with E-state index in [0.29, 0.717) is 0 Å². The Morgan fingerprint density at radius 3 is 2.35 bits per heavy atom. The molecule has 2 rings (SSSR count). The van der Waals surface area contributed by atoms with Gasteiger partial charge in [-0.3, -0.25) is 14.9 Å². The van der Waals surface area contributed by atoms with Gasteiger partial charge in [-0.1, -0.05) is 32.1 Å². The van der Waals surface area contributed by atoms with E-state index in [-0.39, 0.29) is 30.9 Å². The minimum Gasteiger partial charge on any atom is -0.341 e.